The van der Waals surface area contributed by atoms with E-state index in [-0.39, 0.29) is 46.4 Å². The molecule has 0 aliphatic heterocycles. The molecule has 4 rings (SSSR count). The maximum absolute atomic E-state index is 12.8. The summed E-state index contributed by atoms with van der Waals surface area (Å²) in [7, 11) is 0. The van der Waals surface area contributed by atoms with Crippen LogP contribution in [0.2, 0.25) is 0 Å². The third-order valence-corrected chi connectivity index (χ3v) is 3.97. The van der Waals surface area contributed by atoms with Gasteiger partial charge >= 0.3 is 0 Å². The minimum atomic E-state index is -0.388. The third kappa shape index (κ3) is 2.10. The van der Waals surface area contributed by atoms with E-state index in [9.17, 15) is 14.7 Å². The fourth-order valence-electron chi connectivity index (χ4n) is 2.84. The van der Waals surface area contributed by atoms with Crippen LogP contribution in [-0.4, -0.2) is 16.7 Å². The van der Waals surface area contributed by atoms with Gasteiger partial charge in [0.1, 0.15) is 23.9 Å². The van der Waals surface area contributed by atoms with Gasteiger partial charge in [-0.15, -0.1) is 0 Å². The van der Waals surface area contributed by atoms with Crippen LogP contribution in [0.3, 0.4) is 0 Å². The number of aromatic hydroxyl groups is 1. The van der Waals surface area contributed by atoms with E-state index in [0.717, 1.165) is 0 Å². The first-order chi connectivity index (χ1) is 11.7. The Balaban J connectivity index is 1.82. The maximum atomic E-state index is 12.8. The van der Waals surface area contributed by atoms with Crippen molar-refractivity contribution >= 4 is 11.6 Å². The molecule has 0 amide bonds. The van der Waals surface area contributed by atoms with E-state index in [4.69, 9.17) is 9.15 Å². The van der Waals surface area contributed by atoms with E-state index in [1.807, 2.05) is 0 Å². The molecule has 0 spiro atoms. The molecule has 0 radical (unpaired) electrons. The molecule has 1 aromatic heterocycles. The van der Waals surface area contributed by atoms with Crippen LogP contribution >= 0.6 is 0 Å². The van der Waals surface area contributed by atoms with Crippen molar-refractivity contribution in [3.8, 4) is 11.5 Å². The lowest BCUT2D eigenvalue weighted by Gasteiger charge is -2.20. The molecule has 0 bridgehead atoms. The van der Waals surface area contributed by atoms with Crippen LogP contribution in [0, 0.1) is 0 Å². The van der Waals surface area contributed by atoms with E-state index in [2.05, 4.69) is 0 Å². The van der Waals surface area contributed by atoms with Gasteiger partial charge in [0.25, 0.3) is 0 Å². The Morgan fingerprint density at radius 3 is 2.25 bits per heavy atom. The molecule has 0 saturated carbocycles. The number of benzene rings is 2. The SMILES string of the molecule is O=C1c2ccccc2C(=O)c2c(OCc3ccco3)ccc(O)c21. The second kappa shape index (κ2) is 5.38. The van der Waals surface area contributed by atoms with E-state index in [1.54, 1.807) is 36.4 Å². The summed E-state index contributed by atoms with van der Waals surface area (Å²) in [5.74, 6) is -0.131. The molecule has 0 saturated heterocycles. The average Bonchev–Trinajstić information content (AvgIpc) is 3.12. The number of ether oxygens (including phenoxy) is 1. The molecule has 0 fully saturated rings. The number of fused-ring (bicyclic) bond motifs is 2. The number of phenolic OH excluding ortho intramolecular Hbond substituents is 1. The first kappa shape index (κ1) is 14.3. The topological polar surface area (TPSA) is 76.7 Å². The largest absolute Gasteiger partial charge is 0.507 e. The molecule has 2 aromatic carbocycles. The molecular formula is C19H12O5. The van der Waals surface area contributed by atoms with E-state index in [0.29, 0.717) is 11.3 Å². The Bertz CT molecular complexity index is 954. The zero-order valence-corrected chi connectivity index (χ0v) is 12.5. The number of ketones is 2. The Morgan fingerprint density at radius 2 is 1.58 bits per heavy atom. The summed E-state index contributed by atoms with van der Waals surface area (Å²) in [4.78, 5) is 25.5. The van der Waals surface area contributed by atoms with Gasteiger partial charge in [0.15, 0.2) is 11.6 Å². The highest BCUT2D eigenvalue weighted by molar-refractivity contribution is 6.30. The summed E-state index contributed by atoms with van der Waals surface area (Å²) in [6.45, 7) is 0.118. The van der Waals surface area contributed by atoms with Crippen LogP contribution in [0.5, 0.6) is 11.5 Å². The minimum Gasteiger partial charge on any atom is -0.507 e. The number of furan rings is 1. The molecule has 3 aromatic rings. The van der Waals surface area contributed by atoms with Gasteiger partial charge in [0.05, 0.1) is 17.4 Å². The predicted octanol–water partition coefficient (Wildman–Crippen LogP) is 3.34. The lowest BCUT2D eigenvalue weighted by molar-refractivity contribution is 0.0972. The van der Waals surface area contributed by atoms with Crippen LogP contribution < -0.4 is 4.74 Å². The van der Waals surface area contributed by atoms with E-state index in [1.165, 1.54) is 18.4 Å². The Kier molecular flexibility index (Phi) is 3.20. The minimum absolute atomic E-state index is 0.0179. The van der Waals surface area contributed by atoms with Crippen molar-refractivity contribution in [3.05, 3.63) is 82.8 Å². The highest BCUT2D eigenvalue weighted by Gasteiger charge is 2.34. The summed E-state index contributed by atoms with van der Waals surface area (Å²) in [5, 5.41) is 10.1. The van der Waals surface area contributed by atoms with Crippen molar-refractivity contribution in [2.45, 2.75) is 6.61 Å². The first-order valence-corrected chi connectivity index (χ1v) is 7.36. The zero-order valence-electron chi connectivity index (χ0n) is 12.5. The normalized spacial score (nSPS) is 12.7. The van der Waals surface area contributed by atoms with Gasteiger partial charge in [-0.25, -0.2) is 0 Å². The van der Waals surface area contributed by atoms with Crippen molar-refractivity contribution in [2.75, 3.05) is 0 Å². The molecule has 5 heteroatoms. The molecule has 1 heterocycles. The molecule has 118 valence electrons. The maximum Gasteiger partial charge on any atom is 0.198 e. The standard InChI is InChI=1S/C19H12O5/c20-14-7-8-15(24-10-11-4-3-9-23-11)17-16(14)18(21)12-5-1-2-6-13(12)19(17)22/h1-9,20H,10H2. The summed E-state index contributed by atoms with van der Waals surface area (Å²) in [6.07, 6.45) is 1.52. The number of hydrogen-bond acceptors (Lipinski definition) is 5. The van der Waals surface area contributed by atoms with Crippen molar-refractivity contribution in [1.82, 2.24) is 0 Å². The quantitative estimate of drug-likeness (QED) is 0.626. The van der Waals surface area contributed by atoms with E-state index >= 15 is 0 Å². The Hall–Kier alpha value is -3.34. The Morgan fingerprint density at radius 1 is 0.875 bits per heavy atom. The van der Waals surface area contributed by atoms with Gasteiger partial charge < -0.3 is 14.3 Å². The molecule has 24 heavy (non-hydrogen) atoms. The number of carbonyl (C=O) groups excluding carboxylic acids is 2. The third-order valence-electron chi connectivity index (χ3n) is 3.97. The number of rotatable bonds is 3. The van der Waals surface area contributed by atoms with Gasteiger partial charge in [-0.2, -0.15) is 0 Å². The summed E-state index contributed by atoms with van der Waals surface area (Å²) in [6, 6.07) is 12.9. The van der Waals surface area contributed by atoms with Crippen LogP contribution in [-0.2, 0) is 6.61 Å². The second-order valence-electron chi connectivity index (χ2n) is 5.40. The summed E-state index contributed by atoms with van der Waals surface area (Å²) in [5.41, 5.74) is 0.665. The van der Waals surface area contributed by atoms with Gasteiger partial charge in [-0.3, -0.25) is 9.59 Å². The Labute approximate surface area is 137 Å². The monoisotopic (exact) mass is 320 g/mol. The van der Waals surface area contributed by atoms with Gasteiger partial charge in [0.2, 0.25) is 0 Å². The number of phenols is 1. The number of hydrogen-bond donors (Lipinski definition) is 1. The van der Waals surface area contributed by atoms with Gasteiger partial charge in [0, 0.05) is 11.1 Å². The molecule has 1 N–H and O–H groups in total. The van der Waals surface area contributed by atoms with E-state index < -0.39 is 0 Å². The molecule has 1 aliphatic carbocycles. The smallest absolute Gasteiger partial charge is 0.198 e. The van der Waals surface area contributed by atoms with Crippen LogP contribution in [0.1, 0.15) is 37.6 Å². The van der Waals surface area contributed by atoms with Gasteiger partial charge in [-0.05, 0) is 24.3 Å². The molecule has 1 aliphatic rings. The predicted molar refractivity (Wildman–Crippen MR) is 84.5 cm³/mol. The van der Waals surface area contributed by atoms with Gasteiger partial charge in [-0.1, -0.05) is 24.3 Å². The lowest BCUT2D eigenvalue weighted by atomic mass is 9.83. The fourth-order valence-corrected chi connectivity index (χ4v) is 2.84. The second-order valence-corrected chi connectivity index (χ2v) is 5.40. The van der Waals surface area contributed by atoms with Crippen molar-refractivity contribution in [3.63, 3.8) is 0 Å². The van der Waals surface area contributed by atoms with Crippen molar-refractivity contribution < 1.29 is 23.8 Å². The van der Waals surface area contributed by atoms with Crippen LogP contribution in [0.15, 0.2) is 59.2 Å². The molecule has 0 atom stereocenters. The molecule has 0 unspecified atom stereocenters. The fraction of sp³-hybridized carbons (Fsp3) is 0.0526. The van der Waals surface area contributed by atoms with Crippen LogP contribution in [0.4, 0.5) is 0 Å². The lowest BCUT2D eigenvalue weighted by Crippen LogP contribution is -2.22. The number of carbonyl (C=O) groups is 2. The summed E-state index contributed by atoms with van der Waals surface area (Å²) < 4.78 is 10.9. The molecular weight excluding hydrogens is 308 g/mol. The zero-order chi connectivity index (χ0) is 16.7. The summed E-state index contributed by atoms with van der Waals surface area (Å²) >= 11 is 0. The average molecular weight is 320 g/mol. The first-order valence-electron chi connectivity index (χ1n) is 7.36. The van der Waals surface area contributed by atoms with Crippen molar-refractivity contribution in [1.29, 1.82) is 0 Å². The van der Waals surface area contributed by atoms with Crippen molar-refractivity contribution in [2.24, 2.45) is 0 Å². The highest BCUT2D eigenvalue weighted by atomic mass is 16.5. The van der Waals surface area contributed by atoms with Crippen LogP contribution in [0.25, 0.3) is 0 Å². The highest BCUT2D eigenvalue weighted by Crippen LogP contribution is 2.38. The molecule has 5 nitrogen and oxygen atoms in total.